The first kappa shape index (κ1) is 12.8. The fourth-order valence-electron chi connectivity index (χ4n) is 1.03. The lowest BCUT2D eigenvalue weighted by atomic mass is 10.2. The zero-order valence-corrected chi connectivity index (χ0v) is 8.99. The summed E-state index contributed by atoms with van der Waals surface area (Å²) >= 11 is 0. The first-order valence-electron chi connectivity index (χ1n) is 4.76. The van der Waals surface area contributed by atoms with E-state index in [9.17, 15) is 9.59 Å². The number of carbonyl (C=O) groups excluding carboxylic acids is 1. The van der Waals surface area contributed by atoms with Gasteiger partial charge < -0.3 is 15.5 Å². The summed E-state index contributed by atoms with van der Waals surface area (Å²) in [4.78, 5) is 29.5. The fraction of sp³-hybridized carbons (Fsp3) is 0.333. The van der Waals surface area contributed by atoms with E-state index in [-0.39, 0.29) is 5.95 Å². The van der Waals surface area contributed by atoms with Crippen molar-refractivity contribution in [2.24, 2.45) is 0 Å². The van der Waals surface area contributed by atoms with Gasteiger partial charge in [0.1, 0.15) is 0 Å². The van der Waals surface area contributed by atoms with Crippen molar-refractivity contribution in [2.75, 3.05) is 5.32 Å². The summed E-state index contributed by atoms with van der Waals surface area (Å²) < 4.78 is 0. The third kappa shape index (κ3) is 4.03. The van der Waals surface area contributed by atoms with Crippen LogP contribution < -0.4 is 10.6 Å². The molecule has 1 aromatic rings. The maximum absolute atomic E-state index is 11.4. The normalized spacial score (nSPS) is 13.5. The summed E-state index contributed by atoms with van der Waals surface area (Å²) in [6.45, 7) is 1.26. The minimum atomic E-state index is -1.39. The van der Waals surface area contributed by atoms with Crippen molar-refractivity contribution < 1.29 is 19.8 Å². The third-order valence-corrected chi connectivity index (χ3v) is 1.83. The first-order valence-corrected chi connectivity index (χ1v) is 4.76. The van der Waals surface area contributed by atoms with Gasteiger partial charge in [-0.05, 0) is 13.0 Å². The summed E-state index contributed by atoms with van der Waals surface area (Å²) in [5, 5.41) is 22.2. The van der Waals surface area contributed by atoms with Crippen molar-refractivity contribution in [3.05, 3.63) is 18.5 Å². The van der Waals surface area contributed by atoms with E-state index < -0.39 is 24.1 Å². The van der Waals surface area contributed by atoms with Crippen molar-refractivity contribution in [1.82, 2.24) is 15.3 Å². The number of aliphatic carboxylic acids is 1. The maximum atomic E-state index is 11.4. The number of amides is 2. The van der Waals surface area contributed by atoms with E-state index in [4.69, 9.17) is 10.2 Å². The number of carboxylic acids is 1. The number of carboxylic acid groups (broad SMARTS) is 1. The number of hydrogen-bond donors (Lipinski definition) is 4. The molecular weight excluding hydrogens is 228 g/mol. The first-order chi connectivity index (χ1) is 8.00. The molecule has 0 aromatic carbocycles. The Morgan fingerprint density at radius 1 is 1.35 bits per heavy atom. The van der Waals surface area contributed by atoms with Crippen LogP contribution in [0.4, 0.5) is 10.7 Å². The molecule has 2 unspecified atom stereocenters. The Morgan fingerprint density at radius 2 is 1.94 bits per heavy atom. The number of anilines is 1. The molecule has 2 amide bonds. The largest absolute Gasteiger partial charge is 0.480 e. The zero-order valence-electron chi connectivity index (χ0n) is 8.99. The molecule has 0 bridgehead atoms. The molecule has 1 heterocycles. The van der Waals surface area contributed by atoms with E-state index in [2.05, 4.69) is 20.6 Å². The van der Waals surface area contributed by atoms with Gasteiger partial charge in [-0.3, -0.25) is 5.32 Å². The van der Waals surface area contributed by atoms with Crippen molar-refractivity contribution in [1.29, 1.82) is 0 Å². The van der Waals surface area contributed by atoms with Crippen LogP contribution in [-0.4, -0.2) is 44.3 Å². The summed E-state index contributed by atoms with van der Waals surface area (Å²) in [6.07, 6.45) is 1.63. The lowest BCUT2D eigenvalue weighted by Crippen LogP contribution is -2.49. The smallest absolute Gasteiger partial charge is 0.328 e. The number of aliphatic hydroxyl groups excluding tert-OH is 1. The molecule has 0 saturated carbocycles. The van der Waals surface area contributed by atoms with E-state index in [1.165, 1.54) is 19.3 Å². The average molecular weight is 240 g/mol. The van der Waals surface area contributed by atoms with Crippen molar-refractivity contribution in [3.8, 4) is 0 Å². The quantitative estimate of drug-likeness (QED) is 0.558. The molecule has 0 saturated heterocycles. The highest BCUT2D eigenvalue weighted by molar-refractivity contribution is 5.90. The number of rotatable bonds is 4. The van der Waals surface area contributed by atoms with Gasteiger partial charge in [-0.15, -0.1) is 0 Å². The second-order valence-corrected chi connectivity index (χ2v) is 3.23. The van der Waals surface area contributed by atoms with Gasteiger partial charge in [0.25, 0.3) is 0 Å². The van der Waals surface area contributed by atoms with Crippen molar-refractivity contribution in [2.45, 2.75) is 19.1 Å². The Balaban J connectivity index is 2.57. The molecule has 0 radical (unpaired) electrons. The van der Waals surface area contributed by atoms with Gasteiger partial charge in [0, 0.05) is 12.4 Å². The van der Waals surface area contributed by atoms with Gasteiger partial charge in [-0.2, -0.15) is 0 Å². The van der Waals surface area contributed by atoms with Crippen molar-refractivity contribution >= 4 is 17.9 Å². The molecule has 92 valence electrons. The molecule has 2 atom stereocenters. The number of nitrogens with one attached hydrogen (secondary N) is 2. The van der Waals surface area contributed by atoms with Crippen LogP contribution in [0.15, 0.2) is 18.5 Å². The molecule has 0 spiro atoms. The van der Waals surface area contributed by atoms with Gasteiger partial charge in [0.05, 0.1) is 6.10 Å². The highest BCUT2D eigenvalue weighted by Gasteiger charge is 2.25. The number of urea groups is 1. The Bertz CT molecular complexity index is 395. The monoisotopic (exact) mass is 240 g/mol. The fourth-order valence-corrected chi connectivity index (χ4v) is 1.03. The van der Waals surface area contributed by atoms with Gasteiger partial charge in [0.15, 0.2) is 6.04 Å². The summed E-state index contributed by atoms with van der Waals surface area (Å²) in [5.41, 5.74) is 0. The summed E-state index contributed by atoms with van der Waals surface area (Å²) in [6, 6.07) is -0.623. The lowest BCUT2D eigenvalue weighted by Gasteiger charge is -2.16. The molecule has 8 heteroatoms. The molecule has 4 N–H and O–H groups in total. The van der Waals surface area contributed by atoms with Crippen molar-refractivity contribution in [3.63, 3.8) is 0 Å². The number of aliphatic hydroxyl groups is 1. The van der Waals surface area contributed by atoms with E-state index in [0.29, 0.717) is 0 Å². The van der Waals surface area contributed by atoms with E-state index in [0.717, 1.165) is 0 Å². The lowest BCUT2D eigenvalue weighted by molar-refractivity contribution is -0.141. The molecule has 8 nitrogen and oxygen atoms in total. The van der Waals surface area contributed by atoms with E-state index in [1.807, 2.05) is 0 Å². The number of nitrogens with zero attached hydrogens (tertiary/aromatic N) is 2. The Kier molecular flexibility index (Phi) is 4.35. The van der Waals surface area contributed by atoms with Gasteiger partial charge in [-0.25, -0.2) is 19.6 Å². The second-order valence-electron chi connectivity index (χ2n) is 3.23. The molecule has 1 rings (SSSR count). The van der Waals surface area contributed by atoms with Gasteiger partial charge >= 0.3 is 12.0 Å². The predicted molar refractivity (Wildman–Crippen MR) is 57.3 cm³/mol. The van der Waals surface area contributed by atoms with Crippen LogP contribution in [0.5, 0.6) is 0 Å². The minimum absolute atomic E-state index is 0.0414. The molecule has 17 heavy (non-hydrogen) atoms. The van der Waals surface area contributed by atoms with Crippen LogP contribution >= 0.6 is 0 Å². The highest BCUT2D eigenvalue weighted by atomic mass is 16.4. The number of aromatic nitrogens is 2. The second kappa shape index (κ2) is 5.75. The van der Waals surface area contributed by atoms with Crippen LogP contribution in [0.1, 0.15) is 6.92 Å². The van der Waals surface area contributed by atoms with Crippen LogP contribution in [0.2, 0.25) is 0 Å². The van der Waals surface area contributed by atoms with Crippen LogP contribution in [0.25, 0.3) is 0 Å². The van der Waals surface area contributed by atoms with E-state index in [1.54, 1.807) is 6.07 Å². The van der Waals surface area contributed by atoms with Gasteiger partial charge in [0.2, 0.25) is 5.95 Å². The molecule has 0 aliphatic carbocycles. The zero-order chi connectivity index (χ0) is 12.8. The summed E-state index contributed by atoms with van der Waals surface area (Å²) in [7, 11) is 0. The van der Waals surface area contributed by atoms with Crippen LogP contribution in [0, 0.1) is 0 Å². The van der Waals surface area contributed by atoms with Gasteiger partial charge in [-0.1, -0.05) is 0 Å². The molecule has 0 aliphatic rings. The Labute approximate surface area is 96.7 Å². The Hall–Kier alpha value is -2.22. The number of hydrogen-bond acceptors (Lipinski definition) is 5. The minimum Gasteiger partial charge on any atom is -0.480 e. The standard InChI is InChI=1S/C9H12N4O4/c1-5(14)6(7(15)16)12-9(17)13-8-10-3-2-4-11-8/h2-6,14H,1H3,(H,15,16)(H2,10,11,12,13,17). The average Bonchev–Trinajstić information content (AvgIpc) is 2.26. The van der Waals surface area contributed by atoms with E-state index >= 15 is 0 Å². The highest BCUT2D eigenvalue weighted by Crippen LogP contribution is 1.96. The Morgan fingerprint density at radius 3 is 2.41 bits per heavy atom. The third-order valence-electron chi connectivity index (χ3n) is 1.83. The van der Waals surface area contributed by atoms with Crippen LogP contribution in [0.3, 0.4) is 0 Å². The molecule has 1 aromatic heterocycles. The topological polar surface area (TPSA) is 124 Å². The predicted octanol–water partition coefficient (Wildman–Crippen LogP) is -0.568. The maximum Gasteiger partial charge on any atom is 0.328 e. The number of carbonyl (C=O) groups is 2. The SMILES string of the molecule is CC(O)C(NC(=O)Nc1ncccn1)C(=O)O. The molecular formula is C9H12N4O4. The molecule has 0 aliphatic heterocycles. The molecule has 0 fully saturated rings. The van der Waals surface area contributed by atoms with Crippen LogP contribution in [-0.2, 0) is 4.79 Å². The summed E-state index contributed by atoms with van der Waals surface area (Å²) in [5.74, 6) is -1.29.